The molecule has 0 spiro atoms. The van der Waals surface area contributed by atoms with E-state index < -0.39 is 17.7 Å². The van der Waals surface area contributed by atoms with E-state index in [1.54, 1.807) is 19.1 Å². The number of ether oxygens (including phenoxy) is 1. The molecule has 0 aliphatic rings. The molecule has 0 unspecified atom stereocenters. The van der Waals surface area contributed by atoms with E-state index in [-0.39, 0.29) is 12.5 Å². The molecular formula is C18H20F2N2O2. The van der Waals surface area contributed by atoms with Gasteiger partial charge in [-0.2, -0.15) is 0 Å². The van der Waals surface area contributed by atoms with Gasteiger partial charge in [0.1, 0.15) is 17.4 Å². The standard InChI is InChI=1S/C18H20F2N2O2/c1-11-4-7-17(24-3)16(8-11)22-18(23)10-21-12(2)14-6-5-13(19)9-15(14)20/h4-9,12,21H,10H2,1-3H3,(H,22,23)/t12-/m1/s1. The number of hydrogen-bond acceptors (Lipinski definition) is 3. The van der Waals surface area contributed by atoms with Gasteiger partial charge in [-0.05, 0) is 37.6 Å². The van der Waals surface area contributed by atoms with Crippen LogP contribution in [0.4, 0.5) is 14.5 Å². The first-order chi connectivity index (χ1) is 11.4. The fourth-order valence-electron chi connectivity index (χ4n) is 2.32. The van der Waals surface area contributed by atoms with Crippen LogP contribution < -0.4 is 15.4 Å². The molecule has 0 heterocycles. The summed E-state index contributed by atoms with van der Waals surface area (Å²) in [6.07, 6.45) is 0. The van der Waals surface area contributed by atoms with Crippen LogP contribution in [0.1, 0.15) is 24.1 Å². The van der Waals surface area contributed by atoms with Crippen molar-refractivity contribution in [1.82, 2.24) is 5.32 Å². The van der Waals surface area contributed by atoms with Crippen molar-refractivity contribution < 1.29 is 18.3 Å². The van der Waals surface area contributed by atoms with Crippen LogP contribution in [0.5, 0.6) is 5.75 Å². The largest absolute Gasteiger partial charge is 0.495 e. The Labute approximate surface area is 139 Å². The third-order valence-corrected chi connectivity index (χ3v) is 3.63. The van der Waals surface area contributed by atoms with Gasteiger partial charge in [0.25, 0.3) is 0 Å². The topological polar surface area (TPSA) is 50.4 Å². The molecule has 0 bridgehead atoms. The molecule has 2 aromatic rings. The van der Waals surface area contributed by atoms with Crippen molar-refractivity contribution in [1.29, 1.82) is 0 Å². The summed E-state index contributed by atoms with van der Waals surface area (Å²) in [5, 5.41) is 5.67. The number of rotatable bonds is 6. The Morgan fingerprint density at radius 2 is 1.96 bits per heavy atom. The summed E-state index contributed by atoms with van der Waals surface area (Å²) in [5.74, 6) is -0.997. The zero-order valence-electron chi connectivity index (χ0n) is 13.8. The van der Waals surface area contributed by atoms with Gasteiger partial charge in [0.05, 0.1) is 19.3 Å². The summed E-state index contributed by atoms with van der Waals surface area (Å²) in [7, 11) is 1.53. The molecule has 0 saturated carbocycles. The summed E-state index contributed by atoms with van der Waals surface area (Å²) in [4.78, 5) is 12.1. The first-order valence-electron chi connectivity index (χ1n) is 7.53. The Hall–Kier alpha value is -2.47. The fraction of sp³-hybridized carbons (Fsp3) is 0.278. The van der Waals surface area contributed by atoms with E-state index in [0.717, 1.165) is 11.6 Å². The zero-order valence-corrected chi connectivity index (χ0v) is 13.8. The number of benzene rings is 2. The molecule has 0 radical (unpaired) electrons. The van der Waals surface area contributed by atoms with Gasteiger partial charge in [-0.1, -0.05) is 12.1 Å². The Kier molecular flexibility index (Phi) is 5.87. The minimum absolute atomic E-state index is 0.0188. The van der Waals surface area contributed by atoms with Crippen LogP contribution in [0, 0.1) is 18.6 Å². The number of methoxy groups -OCH3 is 1. The second kappa shape index (κ2) is 7.88. The summed E-state index contributed by atoms with van der Waals surface area (Å²) in [6, 6.07) is 8.40. The van der Waals surface area contributed by atoms with E-state index in [9.17, 15) is 13.6 Å². The number of carbonyl (C=O) groups is 1. The van der Waals surface area contributed by atoms with E-state index >= 15 is 0 Å². The van der Waals surface area contributed by atoms with Gasteiger partial charge in [0.2, 0.25) is 5.91 Å². The highest BCUT2D eigenvalue weighted by molar-refractivity contribution is 5.93. The molecule has 128 valence electrons. The van der Waals surface area contributed by atoms with Crippen LogP contribution in [0.25, 0.3) is 0 Å². The number of carbonyl (C=O) groups excluding carboxylic acids is 1. The van der Waals surface area contributed by atoms with Gasteiger partial charge in [-0.3, -0.25) is 4.79 Å². The molecule has 0 aliphatic carbocycles. The molecule has 0 aliphatic heterocycles. The summed E-state index contributed by atoms with van der Waals surface area (Å²) in [5.41, 5.74) is 1.86. The van der Waals surface area contributed by atoms with Crippen molar-refractivity contribution in [2.75, 3.05) is 19.0 Å². The van der Waals surface area contributed by atoms with Crippen LogP contribution in [0.2, 0.25) is 0 Å². The molecule has 2 rings (SSSR count). The van der Waals surface area contributed by atoms with Gasteiger partial charge >= 0.3 is 0 Å². The first kappa shape index (κ1) is 17.9. The SMILES string of the molecule is COc1ccc(C)cc1NC(=O)CN[C@H](C)c1ccc(F)cc1F. The summed E-state index contributed by atoms with van der Waals surface area (Å²) >= 11 is 0. The number of aryl methyl sites for hydroxylation is 1. The fourth-order valence-corrected chi connectivity index (χ4v) is 2.32. The Bertz CT molecular complexity index is 735. The molecule has 24 heavy (non-hydrogen) atoms. The van der Waals surface area contributed by atoms with Gasteiger partial charge in [0, 0.05) is 17.7 Å². The van der Waals surface area contributed by atoms with E-state index in [4.69, 9.17) is 4.74 Å². The Morgan fingerprint density at radius 3 is 2.62 bits per heavy atom. The van der Waals surface area contributed by atoms with Crippen molar-refractivity contribution in [2.24, 2.45) is 0 Å². The van der Waals surface area contributed by atoms with Crippen molar-refractivity contribution in [3.63, 3.8) is 0 Å². The van der Waals surface area contributed by atoms with Crippen LogP contribution in [-0.2, 0) is 4.79 Å². The number of nitrogens with one attached hydrogen (secondary N) is 2. The lowest BCUT2D eigenvalue weighted by Gasteiger charge is -2.16. The van der Waals surface area contributed by atoms with Gasteiger partial charge in [0.15, 0.2) is 0 Å². The monoisotopic (exact) mass is 334 g/mol. The first-order valence-corrected chi connectivity index (χ1v) is 7.53. The average Bonchev–Trinajstić information content (AvgIpc) is 2.53. The molecule has 1 amide bonds. The molecular weight excluding hydrogens is 314 g/mol. The third-order valence-electron chi connectivity index (χ3n) is 3.63. The van der Waals surface area contributed by atoms with Crippen LogP contribution in [-0.4, -0.2) is 19.6 Å². The third kappa shape index (κ3) is 4.52. The lowest BCUT2D eigenvalue weighted by Crippen LogP contribution is -2.30. The van der Waals surface area contributed by atoms with Crippen molar-refractivity contribution in [3.8, 4) is 5.75 Å². The lowest BCUT2D eigenvalue weighted by molar-refractivity contribution is -0.115. The molecule has 2 aromatic carbocycles. The van der Waals surface area contributed by atoms with E-state index in [0.29, 0.717) is 17.0 Å². The maximum Gasteiger partial charge on any atom is 0.238 e. The van der Waals surface area contributed by atoms with Gasteiger partial charge < -0.3 is 15.4 Å². The van der Waals surface area contributed by atoms with Crippen LogP contribution in [0.15, 0.2) is 36.4 Å². The maximum atomic E-state index is 13.7. The van der Waals surface area contributed by atoms with Crippen LogP contribution >= 0.6 is 0 Å². The predicted octanol–water partition coefficient (Wildman–Crippen LogP) is 3.57. The molecule has 0 aromatic heterocycles. The minimum atomic E-state index is -0.643. The number of hydrogen-bond donors (Lipinski definition) is 2. The minimum Gasteiger partial charge on any atom is -0.495 e. The maximum absolute atomic E-state index is 13.7. The average molecular weight is 334 g/mol. The summed E-state index contributed by atoms with van der Waals surface area (Å²) < 4.78 is 31.9. The van der Waals surface area contributed by atoms with Gasteiger partial charge in [-0.25, -0.2) is 8.78 Å². The van der Waals surface area contributed by atoms with Gasteiger partial charge in [-0.15, -0.1) is 0 Å². The molecule has 4 nitrogen and oxygen atoms in total. The smallest absolute Gasteiger partial charge is 0.238 e. The predicted molar refractivity (Wildman–Crippen MR) is 89.1 cm³/mol. The Balaban J connectivity index is 1.97. The normalized spacial score (nSPS) is 11.9. The zero-order chi connectivity index (χ0) is 17.7. The van der Waals surface area contributed by atoms with Crippen molar-refractivity contribution >= 4 is 11.6 Å². The molecule has 0 fully saturated rings. The molecule has 2 N–H and O–H groups in total. The number of anilines is 1. The highest BCUT2D eigenvalue weighted by atomic mass is 19.1. The van der Waals surface area contributed by atoms with Crippen LogP contribution in [0.3, 0.4) is 0 Å². The second-order valence-electron chi connectivity index (χ2n) is 5.52. The molecule has 0 saturated heterocycles. The van der Waals surface area contributed by atoms with E-state index in [1.807, 2.05) is 13.0 Å². The number of halogens is 2. The van der Waals surface area contributed by atoms with E-state index in [2.05, 4.69) is 10.6 Å². The van der Waals surface area contributed by atoms with Crippen molar-refractivity contribution in [2.45, 2.75) is 19.9 Å². The quantitative estimate of drug-likeness (QED) is 0.849. The highest BCUT2D eigenvalue weighted by Crippen LogP contribution is 2.25. The lowest BCUT2D eigenvalue weighted by atomic mass is 10.1. The Morgan fingerprint density at radius 1 is 1.21 bits per heavy atom. The molecule has 1 atom stereocenters. The van der Waals surface area contributed by atoms with E-state index in [1.165, 1.54) is 19.2 Å². The summed E-state index contributed by atoms with van der Waals surface area (Å²) in [6.45, 7) is 3.60. The second-order valence-corrected chi connectivity index (χ2v) is 5.52. The van der Waals surface area contributed by atoms with Crippen molar-refractivity contribution in [3.05, 3.63) is 59.2 Å². The molecule has 6 heteroatoms. The number of amides is 1. The highest BCUT2D eigenvalue weighted by Gasteiger charge is 2.14.